The van der Waals surface area contributed by atoms with E-state index in [1.165, 1.54) is 10.9 Å². The number of aliphatic hydroxyl groups is 2. The summed E-state index contributed by atoms with van der Waals surface area (Å²) in [6.07, 6.45) is -4.35. The minimum absolute atomic E-state index is 0.110. The van der Waals surface area contributed by atoms with E-state index in [9.17, 15) is 24.2 Å². The van der Waals surface area contributed by atoms with Crippen molar-refractivity contribution in [3.05, 3.63) is 71.3 Å². The molecule has 14 nitrogen and oxygen atoms in total. The molecule has 1 aliphatic heterocycles. The maximum Gasteiger partial charge on any atom is 0.340 e. The molecule has 6 rings (SSSR count). The van der Waals surface area contributed by atoms with Crippen LogP contribution in [0.25, 0.3) is 22.3 Å². The van der Waals surface area contributed by atoms with Crippen molar-refractivity contribution in [3.63, 3.8) is 0 Å². The molecule has 2 aromatic heterocycles. The number of rotatable bonds is 9. The lowest BCUT2D eigenvalue weighted by molar-refractivity contribution is -0.0483. The Labute approximate surface area is 250 Å². The van der Waals surface area contributed by atoms with Crippen molar-refractivity contribution in [3.8, 4) is 11.1 Å². The van der Waals surface area contributed by atoms with Crippen LogP contribution in [0.15, 0.2) is 54.9 Å². The van der Waals surface area contributed by atoms with Crippen molar-refractivity contribution in [2.75, 3.05) is 24.4 Å². The zero-order chi connectivity index (χ0) is 30.7. The number of ether oxygens (including phenoxy) is 1. The summed E-state index contributed by atoms with van der Waals surface area (Å²) in [4.78, 5) is 40.8. The highest BCUT2D eigenvalue weighted by Gasteiger charge is 2.46. The summed E-state index contributed by atoms with van der Waals surface area (Å²) in [6, 6.07) is 16.4. The molecular formula is C26H28ClN5O9P2. The number of hydrogen-bond acceptors (Lipinski definition) is 10. The maximum atomic E-state index is 12.0. The Kier molecular flexibility index (Phi) is 7.75. The van der Waals surface area contributed by atoms with Crippen molar-refractivity contribution < 1.29 is 43.3 Å². The van der Waals surface area contributed by atoms with Gasteiger partial charge in [0.25, 0.3) is 0 Å². The van der Waals surface area contributed by atoms with Gasteiger partial charge in [0, 0.05) is 12.0 Å². The van der Waals surface area contributed by atoms with E-state index in [0.717, 1.165) is 22.3 Å². The summed E-state index contributed by atoms with van der Waals surface area (Å²) in [6.45, 7) is 1.85. The van der Waals surface area contributed by atoms with Gasteiger partial charge in [-0.15, -0.1) is 0 Å². The van der Waals surface area contributed by atoms with Gasteiger partial charge in [-0.25, -0.2) is 4.98 Å². The number of nitrogens with zero attached hydrogens (tertiary/aromatic N) is 4. The number of aliphatic hydroxyl groups excluding tert-OH is 2. The van der Waals surface area contributed by atoms with Crippen molar-refractivity contribution in [1.82, 2.24) is 19.5 Å². The second-order valence-electron chi connectivity index (χ2n) is 10.7. The summed E-state index contributed by atoms with van der Waals surface area (Å²) >= 11 is 6.30. The number of nitrogens with one attached hydrogen (secondary N) is 1. The Morgan fingerprint density at radius 2 is 1.65 bits per heavy atom. The molecule has 43 heavy (non-hydrogen) atoms. The van der Waals surface area contributed by atoms with Gasteiger partial charge in [-0.1, -0.05) is 48.5 Å². The number of fused-ring (bicyclic) bond motifs is 4. The van der Waals surface area contributed by atoms with Crippen LogP contribution in [-0.2, 0) is 23.8 Å². The molecule has 1 saturated heterocycles. The molecule has 2 aromatic carbocycles. The highest BCUT2D eigenvalue weighted by Crippen LogP contribution is 2.55. The largest absolute Gasteiger partial charge is 0.387 e. The highest BCUT2D eigenvalue weighted by molar-refractivity contribution is 7.70. The van der Waals surface area contributed by atoms with Crippen LogP contribution in [0, 0.1) is 0 Å². The lowest BCUT2D eigenvalue weighted by atomic mass is 9.80. The Morgan fingerprint density at radius 1 is 1.02 bits per heavy atom. The van der Waals surface area contributed by atoms with Gasteiger partial charge in [-0.2, -0.15) is 9.97 Å². The standard InChI is InChI=1S/C26H28ClN5O9P2/c1-26(16-8-4-2-6-14(16)15-7-3-5-9-17(15)26)11-28-22-19-23(31-25(27)30-22)32(12-29-19)24-21(34)20(33)18(41-24)10-40-43(38,39)13-42(35,36)37/h2-9,12,18,20-21,24,33-34H,10-11,13H2,1H3,(H,38,39)(H,28,30,31)(H2,35,36,37). The van der Waals surface area contributed by atoms with E-state index in [4.69, 9.17) is 30.6 Å². The summed E-state index contributed by atoms with van der Waals surface area (Å²) in [5.74, 6) is -1.06. The van der Waals surface area contributed by atoms with Crippen LogP contribution >= 0.6 is 26.8 Å². The summed E-state index contributed by atoms with van der Waals surface area (Å²) in [5.41, 5.74) is 4.72. The van der Waals surface area contributed by atoms with Gasteiger partial charge in [0.2, 0.25) is 5.28 Å². The first-order chi connectivity index (χ1) is 20.3. The van der Waals surface area contributed by atoms with E-state index in [2.05, 4.69) is 51.5 Å². The van der Waals surface area contributed by atoms with Crippen LogP contribution in [-0.4, -0.2) is 81.8 Å². The summed E-state index contributed by atoms with van der Waals surface area (Å²) in [5, 5.41) is 24.6. The molecule has 228 valence electrons. The molecule has 5 atom stereocenters. The Morgan fingerprint density at radius 3 is 2.28 bits per heavy atom. The Balaban J connectivity index is 1.25. The van der Waals surface area contributed by atoms with Crippen LogP contribution in [0.1, 0.15) is 24.3 Å². The van der Waals surface area contributed by atoms with E-state index in [-0.39, 0.29) is 10.9 Å². The van der Waals surface area contributed by atoms with Crippen LogP contribution in [0.5, 0.6) is 0 Å². The molecular weight excluding hydrogens is 624 g/mol. The third-order valence-corrected chi connectivity index (χ3v) is 11.4. The molecule has 1 aliphatic carbocycles. The minimum atomic E-state index is -4.85. The number of imidazole rings is 1. The van der Waals surface area contributed by atoms with E-state index in [0.29, 0.717) is 17.9 Å². The fourth-order valence-electron chi connectivity index (χ4n) is 5.75. The topological polar surface area (TPSA) is 209 Å². The van der Waals surface area contributed by atoms with Crippen LogP contribution in [0.4, 0.5) is 5.82 Å². The number of anilines is 1. The first-order valence-electron chi connectivity index (χ1n) is 13.1. The fraction of sp³-hybridized carbons (Fsp3) is 0.346. The molecule has 17 heteroatoms. The monoisotopic (exact) mass is 651 g/mol. The van der Waals surface area contributed by atoms with Gasteiger partial charge in [-0.05, 0) is 40.8 Å². The normalized spacial score (nSPS) is 24.1. The van der Waals surface area contributed by atoms with Gasteiger partial charge >= 0.3 is 15.2 Å². The molecule has 6 N–H and O–H groups in total. The second-order valence-corrected chi connectivity index (χ2v) is 15.1. The van der Waals surface area contributed by atoms with Crippen LogP contribution < -0.4 is 5.32 Å². The van der Waals surface area contributed by atoms with Gasteiger partial charge in [0.15, 0.2) is 29.1 Å². The molecule has 0 bridgehead atoms. The lowest BCUT2D eigenvalue weighted by Gasteiger charge is -2.28. The first kappa shape index (κ1) is 30.3. The molecule has 0 radical (unpaired) electrons. The molecule has 3 heterocycles. The SMILES string of the molecule is CC1(CNc2nc(Cl)nc3c2ncn3C2OC(COP(=O)(O)CP(=O)(O)O)C(O)C2O)c2ccccc2-c2ccccc21. The van der Waals surface area contributed by atoms with Gasteiger partial charge in [0.05, 0.1) is 12.9 Å². The third-order valence-electron chi connectivity index (χ3n) is 7.75. The number of aromatic nitrogens is 4. The maximum absolute atomic E-state index is 12.0. The molecule has 5 unspecified atom stereocenters. The molecule has 0 spiro atoms. The summed E-state index contributed by atoms with van der Waals surface area (Å²) < 4.78 is 35.0. The minimum Gasteiger partial charge on any atom is -0.387 e. The van der Waals surface area contributed by atoms with Gasteiger partial charge in [-0.3, -0.25) is 13.7 Å². The average Bonchev–Trinajstić information content (AvgIpc) is 3.57. The van der Waals surface area contributed by atoms with Crippen LogP contribution in [0.3, 0.4) is 0 Å². The first-order valence-corrected chi connectivity index (χ1v) is 17.1. The van der Waals surface area contributed by atoms with Crippen LogP contribution in [0.2, 0.25) is 5.28 Å². The Hall–Kier alpha value is -2.74. The Bertz CT molecular complexity index is 1750. The number of hydrogen-bond donors (Lipinski definition) is 6. The smallest absolute Gasteiger partial charge is 0.340 e. The zero-order valence-electron chi connectivity index (χ0n) is 22.6. The average molecular weight is 652 g/mol. The predicted octanol–water partition coefficient (Wildman–Crippen LogP) is 2.83. The van der Waals surface area contributed by atoms with Gasteiger partial charge in [0.1, 0.15) is 18.3 Å². The number of benzene rings is 2. The second kappa shape index (κ2) is 11.0. The van der Waals surface area contributed by atoms with E-state index in [1.54, 1.807) is 0 Å². The van der Waals surface area contributed by atoms with E-state index >= 15 is 0 Å². The number of halogens is 1. The zero-order valence-corrected chi connectivity index (χ0v) is 25.1. The van der Waals surface area contributed by atoms with Crippen molar-refractivity contribution in [1.29, 1.82) is 0 Å². The van der Waals surface area contributed by atoms with E-state index in [1.807, 2.05) is 24.3 Å². The van der Waals surface area contributed by atoms with E-state index < -0.39 is 57.7 Å². The van der Waals surface area contributed by atoms with Gasteiger partial charge < -0.3 is 39.5 Å². The third kappa shape index (κ3) is 5.65. The van der Waals surface area contributed by atoms with Crippen molar-refractivity contribution in [2.45, 2.75) is 36.9 Å². The molecule has 2 aliphatic rings. The molecule has 4 aromatic rings. The molecule has 0 saturated carbocycles. The highest BCUT2D eigenvalue weighted by atomic mass is 35.5. The van der Waals surface area contributed by atoms with Crippen molar-refractivity contribution >= 4 is 43.8 Å². The fourth-order valence-corrected chi connectivity index (χ4v) is 8.49. The lowest BCUT2D eigenvalue weighted by Crippen LogP contribution is -2.33. The van der Waals surface area contributed by atoms with Crippen molar-refractivity contribution in [2.24, 2.45) is 0 Å². The molecule has 0 amide bonds. The summed E-state index contributed by atoms with van der Waals surface area (Å²) in [7, 11) is -9.56. The predicted molar refractivity (Wildman–Crippen MR) is 156 cm³/mol. The molecule has 1 fully saturated rings. The quantitative estimate of drug-likeness (QED) is 0.114.